The van der Waals surface area contributed by atoms with E-state index in [0.717, 1.165) is 39.2 Å². The lowest BCUT2D eigenvalue weighted by Crippen LogP contribution is -1.98. The van der Waals surface area contributed by atoms with Crippen LogP contribution in [0.1, 0.15) is 22.4 Å². The first kappa shape index (κ1) is 16.2. The van der Waals surface area contributed by atoms with Crippen molar-refractivity contribution >= 4 is 11.0 Å². The van der Waals surface area contributed by atoms with Crippen molar-refractivity contribution < 1.29 is 9.84 Å². The van der Waals surface area contributed by atoms with Crippen molar-refractivity contribution in [1.82, 2.24) is 19.7 Å². The molecule has 0 saturated carbocycles. The first-order valence-corrected chi connectivity index (χ1v) is 8.42. The number of hydrogen-bond donors (Lipinski definition) is 2. The fraction of sp³-hybridized carbons (Fsp3) is 0.200. The van der Waals surface area contributed by atoms with Crippen LogP contribution < -0.4 is 4.74 Å². The molecule has 0 aliphatic rings. The van der Waals surface area contributed by atoms with Crippen LogP contribution >= 0.6 is 0 Å². The smallest absolute Gasteiger partial charge is 0.232 e. The number of hydrogen-bond acceptors (Lipinski definition) is 4. The molecule has 132 valence electrons. The van der Waals surface area contributed by atoms with Crippen LogP contribution in [0.2, 0.25) is 0 Å². The number of nitrogens with one attached hydrogen (secondary N) is 1. The van der Waals surface area contributed by atoms with E-state index in [9.17, 15) is 5.11 Å². The molecule has 2 aromatic carbocycles. The number of aryl methyl sites for hydroxylation is 2. The van der Waals surface area contributed by atoms with Crippen molar-refractivity contribution in [2.24, 2.45) is 0 Å². The van der Waals surface area contributed by atoms with E-state index in [4.69, 9.17) is 4.74 Å². The summed E-state index contributed by atoms with van der Waals surface area (Å²) in [7, 11) is 1.64. The number of H-pyrrole nitrogens is 1. The minimum Gasteiger partial charge on any atom is -0.497 e. The molecular weight excluding hydrogens is 328 g/mol. The largest absolute Gasteiger partial charge is 0.497 e. The lowest BCUT2D eigenvalue weighted by molar-refractivity contribution is 0.414. The van der Waals surface area contributed by atoms with E-state index < -0.39 is 0 Å². The molecule has 0 fully saturated rings. The van der Waals surface area contributed by atoms with E-state index >= 15 is 0 Å². The van der Waals surface area contributed by atoms with Crippen LogP contribution in [0.15, 0.2) is 42.5 Å². The third-order valence-electron chi connectivity index (χ3n) is 4.52. The molecule has 4 rings (SSSR count). The molecule has 0 bridgehead atoms. The first-order chi connectivity index (χ1) is 12.5. The molecule has 2 aromatic heterocycles. The number of aromatic nitrogens is 4. The Balaban J connectivity index is 1.70. The van der Waals surface area contributed by atoms with E-state index in [1.807, 2.05) is 56.3 Å². The molecule has 0 aliphatic heterocycles. The molecule has 0 aliphatic carbocycles. The van der Waals surface area contributed by atoms with Gasteiger partial charge in [0.1, 0.15) is 5.75 Å². The lowest BCUT2D eigenvalue weighted by atomic mass is 10.1. The van der Waals surface area contributed by atoms with Gasteiger partial charge in [0.05, 0.1) is 23.8 Å². The number of aromatic amines is 1. The number of methoxy groups -OCH3 is 1. The highest BCUT2D eigenvalue weighted by Crippen LogP contribution is 2.27. The monoisotopic (exact) mass is 348 g/mol. The summed E-state index contributed by atoms with van der Waals surface area (Å²) in [6.07, 6.45) is 0.584. The number of ether oxygens (including phenoxy) is 1. The van der Waals surface area contributed by atoms with Gasteiger partial charge in [-0.05, 0) is 49.2 Å². The molecule has 4 aromatic rings. The summed E-state index contributed by atoms with van der Waals surface area (Å²) >= 11 is 0. The summed E-state index contributed by atoms with van der Waals surface area (Å²) < 4.78 is 6.65. The highest BCUT2D eigenvalue weighted by molar-refractivity contribution is 5.77. The van der Waals surface area contributed by atoms with Crippen LogP contribution in [0.25, 0.3) is 17.0 Å². The molecule has 0 amide bonds. The molecule has 6 heteroatoms. The van der Waals surface area contributed by atoms with Crippen LogP contribution in [0.5, 0.6) is 11.6 Å². The van der Waals surface area contributed by atoms with Crippen molar-refractivity contribution in [2.45, 2.75) is 20.3 Å². The normalized spacial score (nSPS) is 11.2. The van der Waals surface area contributed by atoms with Crippen LogP contribution in [0, 0.1) is 13.8 Å². The third kappa shape index (κ3) is 2.79. The highest BCUT2D eigenvalue weighted by atomic mass is 16.5. The van der Waals surface area contributed by atoms with Gasteiger partial charge in [-0.2, -0.15) is 9.78 Å². The van der Waals surface area contributed by atoms with Gasteiger partial charge in [0.25, 0.3) is 0 Å². The third-order valence-corrected chi connectivity index (χ3v) is 4.52. The maximum Gasteiger partial charge on any atom is 0.232 e. The summed E-state index contributed by atoms with van der Waals surface area (Å²) in [4.78, 5) is 7.77. The van der Waals surface area contributed by atoms with E-state index in [2.05, 4.69) is 15.1 Å². The number of fused-ring (bicyclic) bond motifs is 1. The molecule has 6 nitrogen and oxygen atoms in total. The maximum absolute atomic E-state index is 10.7. The second-order valence-corrected chi connectivity index (χ2v) is 6.41. The fourth-order valence-electron chi connectivity index (χ4n) is 3.05. The zero-order chi connectivity index (χ0) is 18.3. The van der Waals surface area contributed by atoms with E-state index in [1.165, 1.54) is 4.68 Å². The van der Waals surface area contributed by atoms with Gasteiger partial charge in [-0.1, -0.05) is 18.2 Å². The van der Waals surface area contributed by atoms with Gasteiger partial charge in [0.15, 0.2) is 0 Å². The van der Waals surface area contributed by atoms with Gasteiger partial charge in [0.2, 0.25) is 11.8 Å². The quantitative estimate of drug-likeness (QED) is 0.590. The van der Waals surface area contributed by atoms with Gasteiger partial charge < -0.3 is 14.8 Å². The zero-order valence-corrected chi connectivity index (χ0v) is 14.9. The SMILES string of the molecule is COc1ccc(Cc2c(C)nn(-c3nc4cc(C)ccc4[nH]3)c2O)cc1. The minimum atomic E-state index is 0.106. The first-order valence-electron chi connectivity index (χ1n) is 8.42. The molecule has 26 heavy (non-hydrogen) atoms. The Bertz CT molecular complexity index is 1080. The van der Waals surface area contributed by atoms with Crippen molar-refractivity contribution in [3.63, 3.8) is 0 Å². The Morgan fingerprint density at radius 1 is 1.12 bits per heavy atom. The average molecular weight is 348 g/mol. The molecule has 0 saturated heterocycles. The molecule has 0 spiro atoms. The average Bonchev–Trinajstić information content (AvgIpc) is 3.17. The Morgan fingerprint density at radius 3 is 2.62 bits per heavy atom. The van der Waals surface area contributed by atoms with Gasteiger partial charge in [0, 0.05) is 12.0 Å². The number of imidazole rings is 1. The molecule has 0 radical (unpaired) electrons. The second kappa shape index (κ2) is 6.22. The van der Waals surface area contributed by atoms with Crippen molar-refractivity contribution in [3.8, 4) is 17.6 Å². The zero-order valence-electron chi connectivity index (χ0n) is 14.9. The lowest BCUT2D eigenvalue weighted by Gasteiger charge is -2.04. The summed E-state index contributed by atoms with van der Waals surface area (Å²) in [6.45, 7) is 3.91. The summed E-state index contributed by atoms with van der Waals surface area (Å²) in [5.41, 5.74) is 5.53. The predicted octanol–water partition coefficient (Wildman–Crippen LogP) is 3.67. The number of benzene rings is 2. The van der Waals surface area contributed by atoms with Crippen molar-refractivity contribution in [1.29, 1.82) is 0 Å². The molecule has 0 atom stereocenters. The summed E-state index contributed by atoms with van der Waals surface area (Å²) in [5.74, 6) is 1.42. The Kier molecular flexibility index (Phi) is 3.88. The van der Waals surface area contributed by atoms with Crippen LogP contribution in [0.3, 0.4) is 0 Å². The maximum atomic E-state index is 10.7. The van der Waals surface area contributed by atoms with Gasteiger partial charge in [-0.15, -0.1) is 0 Å². The Hall–Kier alpha value is -3.28. The number of nitrogens with zero attached hydrogens (tertiary/aromatic N) is 3. The van der Waals surface area contributed by atoms with E-state index in [1.54, 1.807) is 7.11 Å². The van der Waals surface area contributed by atoms with Crippen molar-refractivity contribution in [3.05, 3.63) is 64.8 Å². The molecule has 2 N–H and O–H groups in total. The fourth-order valence-corrected chi connectivity index (χ4v) is 3.05. The predicted molar refractivity (Wildman–Crippen MR) is 100 cm³/mol. The van der Waals surface area contributed by atoms with E-state index in [0.29, 0.717) is 12.4 Å². The van der Waals surface area contributed by atoms with Crippen LogP contribution in [0.4, 0.5) is 0 Å². The van der Waals surface area contributed by atoms with Crippen LogP contribution in [-0.2, 0) is 6.42 Å². The summed E-state index contributed by atoms with van der Waals surface area (Å²) in [5, 5.41) is 15.2. The Morgan fingerprint density at radius 2 is 1.88 bits per heavy atom. The standard InChI is InChI=1S/C20H20N4O2/c1-12-4-9-17-18(10-12)22-20(21-17)24-19(25)16(13(2)23-24)11-14-5-7-15(26-3)8-6-14/h4-10,25H,11H2,1-3H3,(H,21,22). The minimum absolute atomic E-state index is 0.106. The van der Waals surface area contributed by atoms with Crippen LogP contribution in [-0.4, -0.2) is 32.0 Å². The van der Waals surface area contributed by atoms with Crippen molar-refractivity contribution in [2.75, 3.05) is 7.11 Å². The Labute approximate surface area is 151 Å². The molecular formula is C20H20N4O2. The van der Waals surface area contributed by atoms with Gasteiger partial charge in [-0.3, -0.25) is 0 Å². The molecule has 2 heterocycles. The van der Waals surface area contributed by atoms with Gasteiger partial charge >= 0.3 is 0 Å². The second-order valence-electron chi connectivity index (χ2n) is 6.41. The highest BCUT2D eigenvalue weighted by Gasteiger charge is 2.18. The number of rotatable bonds is 4. The summed E-state index contributed by atoms with van der Waals surface area (Å²) in [6, 6.07) is 13.8. The van der Waals surface area contributed by atoms with E-state index in [-0.39, 0.29) is 5.88 Å². The molecule has 0 unspecified atom stereocenters. The topological polar surface area (TPSA) is 76.0 Å². The number of aromatic hydroxyl groups is 1. The van der Waals surface area contributed by atoms with Gasteiger partial charge in [-0.25, -0.2) is 4.98 Å².